The van der Waals surface area contributed by atoms with Gasteiger partial charge in [0.25, 0.3) is 0 Å². The van der Waals surface area contributed by atoms with Crippen LogP contribution in [0.3, 0.4) is 0 Å². The van der Waals surface area contributed by atoms with E-state index in [0.717, 1.165) is 51.9 Å². The van der Waals surface area contributed by atoms with Crippen molar-refractivity contribution in [2.75, 3.05) is 93.6 Å². The average Bonchev–Trinajstić information content (AvgIpc) is 2.75. The van der Waals surface area contributed by atoms with E-state index < -0.39 is 0 Å². The molecule has 0 aliphatic heterocycles. The molecule has 6 N–H and O–H groups in total. The zero-order chi connectivity index (χ0) is 22.5. The molecule has 0 aromatic rings. The summed E-state index contributed by atoms with van der Waals surface area (Å²) in [5.74, 6) is 0. The van der Waals surface area contributed by atoms with Crippen LogP contribution in [0.4, 0.5) is 9.59 Å². The van der Waals surface area contributed by atoms with E-state index in [1.165, 1.54) is 0 Å². The molecule has 0 spiro atoms. The zero-order valence-corrected chi connectivity index (χ0v) is 19.6. The molecule has 0 unspecified atom stereocenters. The van der Waals surface area contributed by atoms with Crippen molar-refractivity contribution < 1.29 is 9.59 Å². The van der Waals surface area contributed by atoms with Gasteiger partial charge in [0.15, 0.2) is 0 Å². The highest BCUT2D eigenvalue weighted by atomic mass is 16.2. The van der Waals surface area contributed by atoms with E-state index in [-0.39, 0.29) is 12.1 Å². The highest BCUT2D eigenvalue weighted by Gasteiger charge is 2.12. The summed E-state index contributed by atoms with van der Waals surface area (Å²) in [6.07, 6.45) is 3.96. The van der Waals surface area contributed by atoms with Crippen LogP contribution in [0, 0.1) is 0 Å². The molecular formula is C20H46N8O2. The molecule has 4 amide bonds. The lowest BCUT2D eigenvalue weighted by atomic mass is 10.2. The lowest BCUT2D eigenvalue weighted by Crippen LogP contribution is -2.45. The molecule has 0 aromatic heterocycles. The topological polar surface area (TPSA) is 113 Å². The summed E-state index contributed by atoms with van der Waals surface area (Å²) < 4.78 is 0. The maximum atomic E-state index is 12.3. The molecule has 30 heavy (non-hydrogen) atoms. The molecule has 0 saturated heterocycles. The average molecular weight is 431 g/mol. The van der Waals surface area contributed by atoms with Crippen molar-refractivity contribution in [2.24, 2.45) is 0 Å². The first-order valence-corrected chi connectivity index (χ1v) is 11.2. The number of carbonyl (C=O) groups is 2. The lowest BCUT2D eigenvalue weighted by Gasteiger charge is -2.23. The summed E-state index contributed by atoms with van der Waals surface area (Å²) >= 11 is 0. The molecule has 10 nitrogen and oxygen atoms in total. The molecule has 0 saturated carbocycles. The van der Waals surface area contributed by atoms with E-state index in [1.807, 2.05) is 38.0 Å². The number of unbranched alkanes of at least 4 members (excludes halogenated alkanes) is 3. The van der Waals surface area contributed by atoms with E-state index >= 15 is 0 Å². The van der Waals surface area contributed by atoms with Gasteiger partial charge in [-0.15, -0.1) is 0 Å². The Morgan fingerprint density at radius 2 is 0.800 bits per heavy atom. The Morgan fingerprint density at radius 1 is 0.500 bits per heavy atom. The van der Waals surface area contributed by atoms with E-state index in [0.29, 0.717) is 39.3 Å². The van der Waals surface area contributed by atoms with E-state index in [4.69, 9.17) is 0 Å². The van der Waals surface area contributed by atoms with Crippen molar-refractivity contribution in [2.45, 2.75) is 25.7 Å². The second kappa shape index (κ2) is 20.6. The molecule has 0 heterocycles. The molecule has 0 aliphatic rings. The summed E-state index contributed by atoms with van der Waals surface area (Å²) in [5.41, 5.74) is 0. The Labute approximate surface area is 183 Å². The summed E-state index contributed by atoms with van der Waals surface area (Å²) in [4.78, 5) is 28.2. The van der Waals surface area contributed by atoms with Gasteiger partial charge in [-0.25, -0.2) is 9.59 Å². The molecule has 0 aliphatic carbocycles. The fourth-order valence-corrected chi connectivity index (χ4v) is 2.83. The van der Waals surface area contributed by atoms with Crippen LogP contribution >= 0.6 is 0 Å². The number of nitrogens with one attached hydrogen (secondary N) is 6. The van der Waals surface area contributed by atoms with Gasteiger partial charge in [0.1, 0.15) is 0 Å². The number of likely N-dealkylation sites (N-methyl/N-ethyl adjacent to an activating group) is 4. The predicted molar refractivity (Wildman–Crippen MR) is 124 cm³/mol. The highest BCUT2D eigenvalue weighted by molar-refractivity contribution is 5.74. The Morgan fingerprint density at radius 3 is 1.07 bits per heavy atom. The largest absolute Gasteiger partial charge is 0.338 e. The summed E-state index contributed by atoms with van der Waals surface area (Å²) in [6, 6.07) is -0.00742. The van der Waals surface area contributed by atoms with Gasteiger partial charge >= 0.3 is 12.1 Å². The molecule has 0 rings (SSSR count). The van der Waals surface area contributed by atoms with Crippen LogP contribution in [-0.2, 0) is 0 Å². The van der Waals surface area contributed by atoms with Gasteiger partial charge in [0, 0.05) is 65.4 Å². The van der Waals surface area contributed by atoms with Gasteiger partial charge in [-0.1, -0.05) is 12.8 Å². The van der Waals surface area contributed by atoms with Gasteiger partial charge < -0.3 is 41.7 Å². The summed E-state index contributed by atoms with van der Waals surface area (Å²) in [7, 11) is 7.55. The maximum Gasteiger partial charge on any atom is 0.317 e. The minimum Gasteiger partial charge on any atom is -0.338 e. The smallest absolute Gasteiger partial charge is 0.317 e. The second-order valence-electron chi connectivity index (χ2n) is 7.27. The third-order valence-corrected chi connectivity index (χ3v) is 4.76. The van der Waals surface area contributed by atoms with Gasteiger partial charge in [-0.2, -0.15) is 0 Å². The maximum absolute atomic E-state index is 12.3. The highest BCUT2D eigenvalue weighted by Crippen LogP contribution is 1.99. The number of amides is 4. The van der Waals surface area contributed by atoms with Crippen LogP contribution in [0.5, 0.6) is 0 Å². The molecular weight excluding hydrogens is 384 g/mol. The van der Waals surface area contributed by atoms with Crippen LogP contribution < -0.4 is 31.9 Å². The Balaban J connectivity index is 3.88. The summed E-state index contributed by atoms with van der Waals surface area (Å²) in [6.45, 7) is 7.29. The van der Waals surface area contributed by atoms with Crippen LogP contribution in [0.2, 0.25) is 0 Å². The molecule has 0 atom stereocenters. The lowest BCUT2D eigenvalue weighted by molar-refractivity contribution is 0.197. The van der Waals surface area contributed by atoms with Crippen LogP contribution in [0.15, 0.2) is 0 Å². The number of hydrogen-bond donors (Lipinski definition) is 6. The van der Waals surface area contributed by atoms with Gasteiger partial charge in [0.05, 0.1) is 0 Å². The second-order valence-corrected chi connectivity index (χ2v) is 7.27. The molecule has 0 aromatic carbocycles. The van der Waals surface area contributed by atoms with E-state index in [2.05, 4.69) is 31.9 Å². The first-order valence-electron chi connectivity index (χ1n) is 11.2. The molecule has 178 valence electrons. The fraction of sp³-hybridized carbons (Fsp3) is 0.900. The molecule has 0 radical (unpaired) electrons. The zero-order valence-electron chi connectivity index (χ0n) is 19.6. The van der Waals surface area contributed by atoms with Gasteiger partial charge in [0.2, 0.25) is 0 Å². The minimum absolute atomic E-state index is 0.00371. The van der Waals surface area contributed by atoms with Crippen molar-refractivity contribution in [3.63, 3.8) is 0 Å². The quantitative estimate of drug-likeness (QED) is 0.153. The standard InChI is InChI=1S/C20H46N8O2/c1-21-11-15-27(16-12-22-2)19(29)25-9-7-5-6-8-10-26-20(30)28(17-13-23-3)18-14-24-4/h21-24H,5-18H2,1-4H3,(H,25,29)(H,26,30). The number of nitrogens with zero attached hydrogens (tertiary/aromatic N) is 2. The van der Waals surface area contributed by atoms with Gasteiger partial charge in [-0.05, 0) is 41.0 Å². The fourth-order valence-electron chi connectivity index (χ4n) is 2.83. The first kappa shape index (κ1) is 28.4. The third-order valence-electron chi connectivity index (χ3n) is 4.76. The first-order chi connectivity index (χ1) is 14.6. The van der Waals surface area contributed by atoms with Crippen LogP contribution in [0.1, 0.15) is 25.7 Å². The van der Waals surface area contributed by atoms with E-state index in [9.17, 15) is 9.59 Å². The van der Waals surface area contributed by atoms with E-state index in [1.54, 1.807) is 0 Å². The van der Waals surface area contributed by atoms with Crippen LogP contribution in [-0.4, -0.2) is 116 Å². The van der Waals surface area contributed by atoms with Crippen molar-refractivity contribution in [1.82, 2.24) is 41.7 Å². The van der Waals surface area contributed by atoms with Crippen molar-refractivity contribution >= 4 is 12.1 Å². The normalized spacial score (nSPS) is 10.7. The molecule has 0 fully saturated rings. The predicted octanol–water partition coefficient (Wildman–Crippen LogP) is -0.552. The Bertz CT molecular complexity index is 372. The summed E-state index contributed by atoms with van der Waals surface area (Å²) in [5, 5.41) is 18.3. The third kappa shape index (κ3) is 15.3. The minimum atomic E-state index is -0.00371. The SMILES string of the molecule is CNCCN(CCNC)C(=O)NCCCCCCNC(=O)N(CCNC)CCNC. The van der Waals surface area contributed by atoms with Crippen molar-refractivity contribution in [3.8, 4) is 0 Å². The Hall–Kier alpha value is -1.62. The number of rotatable bonds is 19. The van der Waals surface area contributed by atoms with Gasteiger partial charge in [-0.3, -0.25) is 0 Å². The van der Waals surface area contributed by atoms with Crippen molar-refractivity contribution in [1.29, 1.82) is 0 Å². The number of hydrogen-bond acceptors (Lipinski definition) is 6. The number of carbonyl (C=O) groups excluding carboxylic acids is 2. The van der Waals surface area contributed by atoms with Crippen molar-refractivity contribution in [3.05, 3.63) is 0 Å². The van der Waals surface area contributed by atoms with Crippen LogP contribution in [0.25, 0.3) is 0 Å². The monoisotopic (exact) mass is 430 g/mol. The number of urea groups is 2. The molecule has 10 heteroatoms. The molecule has 0 bridgehead atoms. The Kier molecular flexibility index (Phi) is 19.5.